The van der Waals surface area contributed by atoms with Crippen LogP contribution in [0.25, 0.3) is 11.1 Å². The summed E-state index contributed by atoms with van der Waals surface area (Å²) in [5, 5.41) is 5.02. The highest BCUT2D eigenvalue weighted by molar-refractivity contribution is 7.89. The summed E-state index contributed by atoms with van der Waals surface area (Å²) in [7, 11) is -3.71. The van der Waals surface area contributed by atoms with Crippen LogP contribution in [-0.4, -0.2) is 15.3 Å². The van der Waals surface area contributed by atoms with Gasteiger partial charge in [0.1, 0.15) is 5.75 Å². The third kappa shape index (κ3) is 3.10. The van der Waals surface area contributed by atoms with Gasteiger partial charge in [0.05, 0.1) is 4.90 Å². The SMILES string of the molecule is NS(=O)(=O)c1ccc(-c2ccccc2OCF)cc1. The first-order valence-electron chi connectivity index (χ1n) is 5.43. The minimum atomic E-state index is -3.71. The standard InChI is InChI=1S/C13H12FNO3S/c14-9-18-13-4-2-1-3-12(13)10-5-7-11(8-6-10)19(15,16)17/h1-8H,9H2,(H2,15,16,17). The molecule has 2 rings (SSSR count). The Morgan fingerprint density at radius 3 is 2.26 bits per heavy atom. The fourth-order valence-corrected chi connectivity index (χ4v) is 2.23. The van der Waals surface area contributed by atoms with Crippen LogP contribution in [0.5, 0.6) is 5.75 Å². The molecule has 2 aromatic rings. The molecule has 2 aromatic carbocycles. The number of para-hydroxylation sites is 1. The van der Waals surface area contributed by atoms with Crippen molar-refractivity contribution in [3.8, 4) is 16.9 Å². The van der Waals surface area contributed by atoms with Crippen molar-refractivity contribution in [2.75, 3.05) is 6.86 Å². The molecule has 0 aliphatic heterocycles. The molecule has 0 aliphatic carbocycles. The van der Waals surface area contributed by atoms with Gasteiger partial charge in [0.2, 0.25) is 16.9 Å². The molecule has 0 aliphatic rings. The predicted octanol–water partition coefficient (Wildman–Crippen LogP) is 2.31. The molecule has 0 fully saturated rings. The molecule has 0 unspecified atom stereocenters. The molecule has 19 heavy (non-hydrogen) atoms. The average molecular weight is 281 g/mol. The zero-order valence-corrected chi connectivity index (χ0v) is 10.7. The van der Waals surface area contributed by atoms with Crippen LogP contribution in [0.2, 0.25) is 0 Å². The maximum absolute atomic E-state index is 12.3. The second kappa shape index (κ2) is 5.38. The topological polar surface area (TPSA) is 69.4 Å². The lowest BCUT2D eigenvalue weighted by Crippen LogP contribution is -2.11. The lowest BCUT2D eigenvalue weighted by Gasteiger charge is -2.09. The molecule has 0 aromatic heterocycles. The Balaban J connectivity index is 2.43. The molecule has 0 spiro atoms. The van der Waals surface area contributed by atoms with E-state index in [9.17, 15) is 12.8 Å². The number of alkyl halides is 1. The van der Waals surface area contributed by atoms with Crippen LogP contribution in [0, 0.1) is 0 Å². The van der Waals surface area contributed by atoms with Crippen molar-refractivity contribution in [2.24, 2.45) is 5.14 Å². The van der Waals surface area contributed by atoms with Crippen molar-refractivity contribution < 1.29 is 17.5 Å². The molecular formula is C13H12FNO3S. The van der Waals surface area contributed by atoms with Crippen LogP contribution >= 0.6 is 0 Å². The summed E-state index contributed by atoms with van der Waals surface area (Å²) >= 11 is 0. The number of halogens is 1. The van der Waals surface area contributed by atoms with Gasteiger partial charge >= 0.3 is 0 Å². The molecule has 6 heteroatoms. The first-order valence-corrected chi connectivity index (χ1v) is 6.98. The molecule has 0 saturated heterocycles. The second-order valence-electron chi connectivity index (χ2n) is 3.82. The van der Waals surface area contributed by atoms with Crippen LogP contribution < -0.4 is 9.88 Å². The van der Waals surface area contributed by atoms with Gasteiger partial charge in [0.25, 0.3) is 0 Å². The van der Waals surface area contributed by atoms with Crippen molar-refractivity contribution in [1.82, 2.24) is 0 Å². The Morgan fingerprint density at radius 2 is 1.68 bits per heavy atom. The largest absolute Gasteiger partial charge is 0.462 e. The minimum Gasteiger partial charge on any atom is -0.462 e. The summed E-state index contributed by atoms with van der Waals surface area (Å²) < 4.78 is 39.5. The minimum absolute atomic E-state index is 0.0279. The Morgan fingerprint density at radius 1 is 1.05 bits per heavy atom. The number of nitrogens with two attached hydrogens (primary N) is 1. The van der Waals surface area contributed by atoms with Crippen molar-refractivity contribution >= 4 is 10.0 Å². The van der Waals surface area contributed by atoms with E-state index in [1.807, 2.05) is 0 Å². The Hall–Kier alpha value is -1.92. The summed E-state index contributed by atoms with van der Waals surface area (Å²) in [6.45, 7) is -0.924. The van der Waals surface area contributed by atoms with E-state index in [1.165, 1.54) is 12.1 Å². The van der Waals surface area contributed by atoms with Crippen LogP contribution in [0.3, 0.4) is 0 Å². The van der Waals surface area contributed by atoms with Gasteiger partial charge in [-0.2, -0.15) is 0 Å². The monoisotopic (exact) mass is 281 g/mol. The molecule has 0 radical (unpaired) electrons. The van der Waals surface area contributed by atoms with E-state index < -0.39 is 16.9 Å². The van der Waals surface area contributed by atoms with E-state index in [1.54, 1.807) is 36.4 Å². The van der Waals surface area contributed by atoms with Gasteiger partial charge in [-0.05, 0) is 23.8 Å². The zero-order chi connectivity index (χ0) is 13.9. The smallest absolute Gasteiger partial charge is 0.238 e. The van der Waals surface area contributed by atoms with E-state index in [-0.39, 0.29) is 4.90 Å². The molecule has 0 bridgehead atoms. The highest BCUT2D eigenvalue weighted by Crippen LogP contribution is 2.30. The summed E-state index contributed by atoms with van der Waals surface area (Å²) in [5.41, 5.74) is 1.40. The van der Waals surface area contributed by atoms with Gasteiger partial charge in [0, 0.05) is 5.56 Å². The molecule has 0 atom stereocenters. The van der Waals surface area contributed by atoms with Crippen LogP contribution in [0.15, 0.2) is 53.4 Å². The summed E-state index contributed by atoms with van der Waals surface area (Å²) in [4.78, 5) is 0.0279. The summed E-state index contributed by atoms with van der Waals surface area (Å²) in [6, 6.07) is 12.9. The highest BCUT2D eigenvalue weighted by atomic mass is 32.2. The van der Waals surface area contributed by atoms with Gasteiger partial charge in [-0.3, -0.25) is 0 Å². The van der Waals surface area contributed by atoms with Gasteiger partial charge in [-0.25, -0.2) is 17.9 Å². The van der Waals surface area contributed by atoms with Gasteiger partial charge in [-0.15, -0.1) is 0 Å². The molecule has 0 saturated carbocycles. The lowest BCUT2D eigenvalue weighted by molar-refractivity contribution is 0.192. The Kier molecular flexibility index (Phi) is 3.82. The fraction of sp³-hybridized carbons (Fsp3) is 0.0769. The summed E-state index contributed by atoms with van der Waals surface area (Å²) in [6.07, 6.45) is 0. The van der Waals surface area contributed by atoms with Crippen molar-refractivity contribution in [1.29, 1.82) is 0 Å². The third-order valence-electron chi connectivity index (χ3n) is 2.59. The number of primary sulfonamides is 1. The average Bonchev–Trinajstić information content (AvgIpc) is 2.39. The van der Waals surface area contributed by atoms with E-state index >= 15 is 0 Å². The molecule has 4 nitrogen and oxygen atoms in total. The number of hydrogen-bond donors (Lipinski definition) is 1. The number of sulfonamides is 1. The maximum Gasteiger partial charge on any atom is 0.238 e. The lowest BCUT2D eigenvalue weighted by atomic mass is 10.1. The van der Waals surface area contributed by atoms with E-state index in [0.29, 0.717) is 11.3 Å². The van der Waals surface area contributed by atoms with Crippen molar-refractivity contribution in [3.63, 3.8) is 0 Å². The highest BCUT2D eigenvalue weighted by Gasteiger charge is 2.09. The van der Waals surface area contributed by atoms with Gasteiger partial charge in [0.15, 0.2) is 0 Å². The molecule has 100 valence electrons. The molecule has 2 N–H and O–H groups in total. The van der Waals surface area contributed by atoms with Crippen LogP contribution in [0.1, 0.15) is 0 Å². The maximum atomic E-state index is 12.3. The number of hydrogen-bond acceptors (Lipinski definition) is 3. The van der Waals surface area contributed by atoms with Crippen LogP contribution in [0.4, 0.5) is 4.39 Å². The molecular weight excluding hydrogens is 269 g/mol. The molecule has 0 heterocycles. The zero-order valence-electron chi connectivity index (χ0n) is 9.91. The van der Waals surface area contributed by atoms with Crippen LogP contribution in [-0.2, 0) is 10.0 Å². The quantitative estimate of drug-likeness (QED) is 0.935. The first kappa shape index (κ1) is 13.5. The van der Waals surface area contributed by atoms with E-state index in [4.69, 9.17) is 9.88 Å². The second-order valence-corrected chi connectivity index (χ2v) is 5.38. The van der Waals surface area contributed by atoms with E-state index in [0.717, 1.165) is 5.56 Å². The third-order valence-corrected chi connectivity index (χ3v) is 3.52. The Labute approximate surface area is 110 Å². The number of benzene rings is 2. The first-order chi connectivity index (χ1) is 9.02. The van der Waals surface area contributed by atoms with Gasteiger partial charge < -0.3 is 4.74 Å². The van der Waals surface area contributed by atoms with Crippen molar-refractivity contribution in [2.45, 2.75) is 4.90 Å². The Bertz CT molecular complexity index is 669. The molecule has 0 amide bonds. The normalized spacial score (nSPS) is 11.3. The predicted molar refractivity (Wildman–Crippen MR) is 69.9 cm³/mol. The number of ether oxygens (including phenoxy) is 1. The van der Waals surface area contributed by atoms with Gasteiger partial charge in [-0.1, -0.05) is 30.3 Å². The fourth-order valence-electron chi connectivity index (χ4n) is 1.71. The van der Waals surface area contributed by atoms with E-state index in [2.05, 4.69) is 0 Å². The number of rotatable bonds is 4. The summed E-state index contributed by atoms with van der Waals surface area (Å²) in [5.74, 6) is 0.397. The van der Waals surface area contributed by atoms with Crippen molar-refractivity contribution in [3.05, 3.63) is 48.5 Å².